The van der Waals surface area contributed by atoms with Crippen LogP contribution in [0.1, 0.15) is 34.1 Å². The molecular formula is C14H25BrN4O. The van der Waals surface area contributed by atoms with Crippen molar-refractivity contribution < 1.29 is 0 Å². The summed E-state index contributed by atoms with van der Waals surface area (Å²) >= 11 is 3.43. The fourth-order valence-electron chi connectivity index (χ4n) is 2.04. The van der Waals surface area contributed by atoms with Crippen LogP contribution in [-0.2, 0) is 6.54 Å². The fraction of sp³-hybridized carbons (Fsp3) is 0.714. The highest BCUT2D eigenvalue weighted by Crippen LogP contribution is 2.25. The Kier molecular flexibility index (Phi) is 6.20. The van der Waals surface area contributed by atoms with Gasteiger partial charge in [-0.3, -0.25) is 4.79 Å². The number of hydrogen-bond acceptors (Lipinski definition) is 4. The van der Waals surface area contributed by atoms with Crippen LogP contribution in [0.5, 0.6) is 0 Å². The maximum absolute atomic E-state index is 12.2. The lowest BCUT2D eigenvalue weighted by Crippen LogP contribution is -2.40. The normalized spacial score (nSPS) is 11.7. The van der Waals surface area contributed by atoms with Crippen LogP contribution in [0.2, 0.25) is 0 Å². The first-order valence-electron chi connectivity index (χ1n) is 7.07. The van der Waals surface area contributed by atoms with Crippen LogP contribution < -0.4 is 16.2 Å². The van der Waals surface area contributed by atoms with E-state index in [0.29, 0.717) is 17.6 Å². The monoisotopic (exact) mass is 344 g/mol. The predicted octanol–water partition coefficient (Wildman–Crippen LogP) is 2.23. The van der Waals surface area contributed by atoms with Gasteiger partial charge in [-0.2, -0.15) is 5.10 Å². The molecule has 0 atom stereocenters. The van der Waals surface area contributed by atoms with Crippen molar-refractivity contribution in [2.45, 2.75) is 40.7 Å². The van der Waals surface area contributed by atoms with Gasteiger partial charge in [0.1, 0.15) is 4.47 Å². The number of aromatic nitrogens is 2. The first kappa shape index (κ1) is 17.2. The summed E-state index contributed by atoms with van der Waals surface area (Å²) in [5, 5.41) is 4.22. The summed E-state index contributed by atoms with van der Waals surface area (Å²) in [4.78, 5) is 14.4. The highest BCUT2D eigenvalue weighted by atomic mass is 79.9. The number of halogens is 1. The number of nitrogens with zero attached hydrogens (tertiary/aromatic N) is 3. The maximum Gasteiger partial charge on any atom is 0.283 e. The Morgan fingerprint density at radius 2 is 2.10 bits per heavy atom. The average Bonchev–Trinajstić information content (AvgIpc) is 2.41. The Balaban J connectivity index is 3.16. The molecule has 0 aliphatic rings. The lowest BCUT2D eigenvalue weighted by atomic mass is 9.93. The molecule has 114 valence electrons. The van der Waals surface area contributed by atoms with Crippen molar-refractivity contribution in [1.29, 1.82) is 0 Å². The minimum absolute atomic E-state index is 0.00573. The summed E-state index contributed by atoms with van der Waals surface area (Å²) in [6.07, 6.45) is 2.77. The molecule has 0 aliphatic heterocycles. The van der Waals surface area contributed by atoms with Crippen molar-refractivity contribution in [2.24, 2.45) is 11.1 Å². The summed E-state index contributed by atoms with van der Waals surface area (Å²) < 4.78 is 2.03. The topological polar surface area (TPSA) is 64.2 Å². The van der Waals surface area contributed by atoms with E-state index in [1.54, 1.807) is 6.20 Å². The van der Waals surface area contributed by atoms with Gasteiger partial charge in [-0.1, -0.05) is 20.8 Å². The second-order valence-corrected chi connectivity index (χ2v) is 6.55. The molecule has 0 unspecified atom stereocenters. The summed E-state index contributed by atoms with van der Waals surface area (Å²) in [6, 6.07) is 0. The van der Waals surface area contributed by atoms with Gasteiger partial charge in [0.2, 0.25) is 0 Å². The van der Waals surface area contributed by atoms with Gasteiger partial charge in [-0.05, 0) is 41.2 Å². The molecule has 1 heterocycles. The van der Waals surface area contributed by atoms with E-state index in [4.69, 9.17) is 5.73 Å². The van der Waals surface area contributed by atoms with Crippen LogP contribution in [-0.4, -0.2) is 29.4 Å². The van der Waals surface area contributed by atoms with E-state index in [9.17, 15) is 4.79 Å². The molecule has 20 heavy (non-hydrogen) atoms. The van der Waals surface area contributed by atoms with Gasteiger partial charge < -0.3 is 10.6 Å². The van der Waals surface area contributed by atoms with Gasteiger partial charge >= 0.3 is 0 Å². The summed E-state index contributed by atoms with van der Waals surface area (Å²) in [6.45, 7) is 11.1. The van der Waals surface area contributed by atoms with Gasteiger partial charge in [-0.15, -0.1) is 0 Å². The highest BCUT2D eigenvalue weighted by Gasteiger charge is 2.22. The third kappa shape index (κ3) is 4.06. The third-order valence-corrected chi connectivity index (χ3v) is 4.02. The van der Waals surface area contributed by atoms with Crippen LogP contribution in [0.3, 0.4) is 0 Å². The molecule has 0 bridgehead atoms. The van der Waals surface area contributed by atoms with Gasteiger partial charge in [0.05, 0.1) is 11.9 Å². The average molecular weight is 345 g/mol. The highest BCUT2D eigenvalue weighted by molar-refractivity contribution is 9.10. The molecule has 1 aromatic rings. The number of anilines is 1. The van der Waals surface area contributed by atoms with Crippen LogP contribution >= 0.6 is 15.9 Å². The molecule has 1 aromatic heterocycles. The minimum atomic E-state index is -0.0864. The smallest absolute Gasteiger partial charge is 0.283 e. The first-order chi connectivity index (χ1) is 9.36. The van der Waals surface area contributed by atoms with Crippen LogP contribution in [0, 0.1) is 5.41 Å². The predicted molar refractivity (Wildman–Crippen MR) is 87.2 cm³/mol. The molecule has 2 N–H and O–H groups in total. The molecule has 5 nitrogen and oxygen atoms in total. The lowest BCUT2D eigenvalue weighted by molar-refractivity contribution is 0.377. The van der Waals surface area contributed by atoms with E-state index in [1.807, 2.05) is 6.92 Å². The van der Waals surface area contributed by atoms with E-state index >= 15 is 0 Å². The number of hydrogen-bond donors (Lipinski definition) is 1. The van der Waals surface area contributed by atoms with Crippen LogP contribution in [0.25, 0.3) is 0 Å². The van der Waals surface area contributed by atoms with E-state index in [2.05, 4.69) is 46.7 Å². The molecule has 0 spiro atoms. The summed E-state index contributed by atoms with van der Waals surface area (Å²) in [5.41, 5.74) is 6.58. The Bertz CT molecular complexity index is 498. The second kappa shape index (κ2) is 7.22. The summed E-state index contributed by atoms with van der Waals surface area (Å²) in [5.74, 6) is 0. The minimum Gasteiger partial charge on any atom is -0.369 e. The summed E-state index contributed by atoms with van der Waals surface area (Å²) in [7, 11) is 0. The van der Waals surface area contributed by atoms with Crippen molar-refractivity contribution in [3.8, 4) is 0 Å². The van der Waals surface area contributed by atoms with E-state index in [1.165, 1.54) is 4.68 Å². The molecule has 6 heteroatoms. The molecule has 0 amide bonds. The molecule has 0 saturated heterocycles. The van der Waals surface area contributed by atoms with Gasteiger partial charge in [0, 0.05) is 19.6 Å². The fourth-order valence-corrected chi connectivity index (χ4v) is 2.60. The van der Waals surface area contributed by atoms with Crippen LogP contribution in [0.4, 0.5) is 5.69 Å². The number of rotatable bonds is 7. The van der Waals surface area contributed by atoms with Crippen molar-refractivity contribution in [3.63, 3.8) is 0 Å². The maximum atomic E-state index is 12.2. The zero-order chi connectivity index (χ0) is 15.3. The third-order valence-electron chi connectivity index (χ3n) is 3.27. The number of nitrogens with two attached hydrogens (primary N) is 1. The molecule has 0 aromatic carbocycles. The van der Waals surface area contributed by atoms with E-state index < -0.39 is 0 Å². The molecule has 0 radical (unpaired) electrons. The SMILES string of the molecule is CCCN(CC(C)(C)CN)c1cnn(CC)c(=O)c1Br. The molecule has 0 fully saturated rings. The first-order valence-corrected chi connectivity index (χ1v) is 7.86. The largest absolute Gasteiger partial charge is 0.369 e. The molecule has 1 rings (SSSR count). The Morgan fingerprint density at radius 3 is 2.60 bits per heavy atom. The van der Waals surface area contributed by atoms with E-state index in [-0.39, 0.29) is 11.0 Å². The lowest BCUT2D eigenvalue weighted by Gasteiger charge is -2.33. The van der Waals surface area contributed by atoms with Gasteiger partial charge in [-0.25, -0.2) is 4.68 Å². The zero-order valence-corrected chi connectivity index (χ0v) is 14.4. The van der Waals surface area contributed by atoms with Crippen molar-refractivity contribution >= 4 is 21.6 Å². The Hall–Kier alpha value is -0.880. The second-order valence-electron chi connectivity index (χ2n) is 5.75. The van der Waals surface area contributed by atoms with Crippen molar-refractivity contribution in [2.75, 3.05) is 24.5 Å². The van der Waals surface area contributed by atoms with E-state index in [0.717, 1.165) is 25.2 Å². The Labute approximate surface area is 129 Å². The van der Waals surface area contributed by atoms with Crippen molar-refractivity contribution in [3.05, 3.63) is 21.0 Å². The molecule has 0 aliphatic carbocycles. The van der Waals surface area contributed by atoms with Crippen molar-refractivity contribution in [1.82, 2.24) is 9.78 Å². The number of aryl methyl sites for hydroxylation is 1. The van der Waals surface area contributed by atoms with Crippen LogP contribution in [0.15, 0.2) is 15.5 Å². The molecule has 0 saturated carbocycles. The zero-order valence-electron chi connectivity index (χ0n) is 12.8. The molecular weight excluding hydrogens is 320 g/mol. The standard InChI is InChI=1S/C14H25BrN4O/c1-5-7-18(10-14(3,4)9-16)11-8-17-19(6-2)13(20)12(11)15/h8H,5-7,9-10,16H2,1-4H3. The Morgan fingerprint density at radius 1 is 1.45 bits per heavy atom. The quantitative estimate of drug-likeness (QED) is 0.823. The van der Waals surface area contributed by atoms with Gasteiger partial charge in [0.25, 0.3) is 5.56 Å². The van der Waals surface area contributed by atoms with Gasteiger partial charge in [0.15, 0.2) is 0 Å².